The summed E-state index contributed by atoms with van der Waals surface area (Å²) >= 11 is 5.86. The van der Waals surface area contributed by atoms with Gasteiger partial charge in [-0.15, -0.1) is 0 Å². The number of aryl methyl sites for hydroxylation is 1. The summed E-state index contributed by atoms with van der Waals surface area (Å²) in [5.41, 5.74) is 1.40. The first-order valence-corrected chi connectivity index (χ1v) is 6.16. The second-order valence-electron chi connectivity index (χ2n) is 4.16. The maximum absolute atomic E-state index is 11.3. The highest BCUT2D eigenvalue weighted by Gasteiger charge is 2.22. The number of halogens is 1. The summed E-state index contributed by atoms with van der Waals surface area (Å²) in [5.74, 6) is -0.513. The average molecular weight is 277 g/mol. The molecule has 1 N–H and O–H groups in total. The van der Waals surface area contributed by atoms with Gasteiger partial charge in [0.1, 0.15) is 5.75 Å². The van der Waals surface area contributed by atoms with E-state index >= 15 is 0 Å². The minimum Gasteiger partial charge on any atom is -0.478 e. The lowest BCUT2D eigenvalue weighted by atomic mass is 10.1. The van der Waals surface area contributed by atoms with Gasteiger partial charge in [-0.2, -0.15) is 0 Å². The lowest BCUT2D eigenvalue weighted by molar-refractivity contribution is -0.145. The van der Waals surface area contributed by atoms with Gasteiger partial charge in [-0.05, 0) is 30.7 Å². The van der Waals surface area contributed by atoms with Crippen LogP contribution in [-0.4, -0.2) is 11.1 Å². The van der Waals surface area contributed by atoms with E-state index < -0.39 is 12.1 Å². The van der Waals surface area contributed by atoms with E-state index in [-0.39, 0.29) is 0 Å². The van der Waals surface area contributed by atoms with E-state index in [0.717, 1.165) is 5.56 Å². The number of carbonyl (C=O) groups is 1. The Balaban J connectivity index is 2.29. The van der Waals surface area contributed by atoms with E-state index in [1.54, 1.807) is 42.5 Å². The Labute approximate surface area is 116 Å². The van der Waals surface area contributed by atoms with E-state index in [1.165, 1.54) is 0 Å². The Hall–Kier alpha value is -2.00. The number of ether oxygens (including phenoxy) is 1. The predicted octanol–water partition coefficient (Wildman–Crippen LogP) is 3.85. The van der Waals surface area contributed by atoms with Crippen LogP contribution in [0.5, 0.6) is 5.75 Å². The lowest BCUT2D eigenvalue weighted by Crippen LogP contribution is -2.18. The second-order valence-corrected chi connectivity index (χ2v) is 4.59. The molecule has 0 unspecified atom stereocenters. The van der Waals surface area contributed by atoms with Crippen molar-refractivity contribution in [2.75, 3.05) is 0 Å². The molecule has 2 aromatic rings. The van der Waals surface area contributed by atoms with Gasteiger partial charge in [0, 0.05) is 10.6 Å². The van der Waals surface area contributed by atoms with Crippen LogP contribution in [0.2, 0.25) is 5.02 Å². The molecule has 0 aliphatic carbocycles. The largest absolute Gasteiger partial charge is 0.478 e. The van der Waals surface area contributed by atoms with Crippen LogP contribution in [0.1, 0.15) is 17.2 Å². The molecular formula is C15H13ClO3. The van der Waals surface area contributed by atoms with Gasteiger partial charge < -0.3 is 9.84 Å². The normalized spacial score (nSPS) is 11.9. The van der Waals surface area contributed by atoms with Crippen LogP contribution in [0.15, 0.2) is 48.5 Å². The van der Waals surface area contributed by atoms with Crippen LogP contribution in [0.25, 0.3) is 0 Å². The lowest BCUT2D eigenvalue weighted by Gasteiger charge is -2.17. The summed E-state index contributed by atoms with van der Waals surface area (Å²) < 4.78 is 5.59. The van der Waals surface area contributed by atoms with Crippen LogP contribution in [0.3, 0.4) is 0 Å². The number of carboxylic acid groups (broad SMARTS) is 1. The first-order chi connectivity index (χ1) is 9.08. The Kier molecular flexibility index (Phi) is 4.07. The predicted molar refractivity (Wildman–Crippen MR) is 73.6 cm³/mol. The summed E-state index contributed by atoms with van der Waals surface area (Å²) in [7, 11) is 0. The van der Waals surface area contributed by atoms with Crippen molar-refractivity contribution >= 4 is 17.6 Å². The third-order valence-corrected chi connectivity index (χ3v) is 2.94. The van der Waals surface area contributed by atoms with Gasteiger partial charge in [-0.3, -0.25) is 0 Å². The Morgan fingerprint density at radius 2 is 1.89 bits per heavy atom. The molecule has 98 valence electrons. The molecule has 0 fully saturated rings. The molecule has 0 aliphatic rings. The number of hydrogen-bond acceptors (Lipinski definition) is 2. The first kappa shape index (κ1) is 13.4. The molecule has 0 aromatic heterocycles. The molecule has 0 saturated carbocycles. The van der Waals surface area contributed by atoms with Crippen molar-refractivity contribution in [1.29, 1.82) is 0 Å². The summed E-state index contributed by atoms with van der Waals surface area (Å²) in [5, 5.41) is 9.88. The highest BCUT2D eigenvalue weighted by Crippen LogP contribution is 2.27. The Morgan fingerprint density at radius 1 is 1.21 bits per heavy atom. The first-order valence-electron chi connectivity index (χ1n) is 5.78. The van der Waals surface area contributed by atoms with Crippen LogP contribution in [0.4, 0.5) is 0 Å². The standard InChI is InChI=1S/C15H13ClO3/c1-10-9-12(16)7-8-13(10)19-14(15(17)18)11-5-3-2-4-6-11/h2-9,14H,1H3,(H,17,18)/t14-/m0/s1. The molecule has 0 saturated heterocycles. The molecule has 4 heteroatoms. The van der Waals surface area contributed by atoms with Crippen molar-refractivity contribution in [3.8, 4) is 5.75 Å². The number of aliphatic carboxylic acids is 1. The van der Waals surface area contributed by atoms with Crippen molar-refractivity contribution in [2.45, 2.75) is 13.0 Å². The van der Waals surface area contributed by atoms with E-state index in [1.807, 2.05) is 13.0 Å². The van der Waals surface area contributed by atoms with Crippen molar-refractivity contribution in [3.63, 3.8) is 0 Å². The van der Waals surface area contributed by atoms with Gasteiger partial charge in [0.2, 0.25) is 6.10 Å². The number of benzene rings is 2. The zero-order valence-electron chi connectivity index (χ0n) is 10.3. The topological polar surface area (TPSA) is 46.5 Å². The van der Waals surface area contributed by atoms with E-state index in [0.29, 0.717) is 16.3 Å². The zero-order valence-corrected chi connectivity index (χ0v) is 11.1. The van der Waals surface area contributed by atoms with Gasteiger partial charge in [0.25, 0.3) is 0 Å². The van der Waals surface area contributed by atoms with Gasteiger partial charge in [-0.1, -0.05) is 41.9 Å². The minimum absolute atomic E-state index is 0.514. The summed E-state index contributed by atoms with van der Waals surface area (Å²) in [6.07, 6.45) is -1.03. The maximum atomic E-state index is 11.3. The molecule has 0 radical (unpaired) electrons. The molecule has 0 spiro atoms. The quantitative estimate of drug-likeness (QED) is 0.922. The Morgan fingerprint density at radius 3 is 2.47 bits per heavy atom. The monoisotopic (exact) mass is 276 g/mol. The highest BCUT2D eigenvalue weighted by atomic mass is 35.5. The molecule has 3 nitrogen and oxygen atoms in total. The van der Waals surface area contributed by atoms with Gasteiger partial charge in [0.15, 0.2) is 0 Å². The summed E-state index contributed by atoms with van der Waals surface area (Å²) in [6, 6.07) is 13.9. The third-order valence-electron chi connectivity index (χ3n) is 2.71. The molecule has 0 heterocycles. The fraction of sp³-hybridized carbons (Fsp3) is 0.133. The second kappa shape index (κ2) is 5.76. The average Bonchev–Trinajstić information content (AvgIpc) is 2.38. The SMILES string of the molecule is Cc1cc(Cl)ccc1O[C@H](C(=O)O)c1ccccc1. The van der Waals surface area contributed by atoms with E-state index in [9.17, 15) is 9.90 Å². The van der Waals surface area contributed by atoms with E-state index in [4.69, 9.17) is 16.3 Å². The molecule has 1 atom stereocenters. The zero-order chi connectivity index (χ0) is 13.8. The van der Waals surface area contributed by atoms with Crippen LogP contribution in [-0.2, 0) is 4.79 Å². The fourth-order valence-corrected chi connectivity index (χ4v) is 1.99. The van der Waals surface area contributed by atoms with Crippen molar-refractivity contribution in [1.82, 2.24) is 0 Å². The van der Waals surface area contributed by atoms with Gasteiger partial charge >= 0.3 is 5.97 Å². The minimum atomic E-state index is -1.03. The number of carboxylic acids is 1. The summed E-state index contributed by atoms with van der Waals surface area (Å²) in [4.78, 5) is 11.3. The highest BCUT2D eigenvalue weighted by molar-refractivity contribution is 6.30. The fourth-order valence-electron chi connectivity index (χ4n) is 1.76. The van der Waals surface area contributed by atoms with Crippen LogP contribution in [0, 0.1) is 6.92 Å². The smallest absolute Gasteiger partial charge is 0.349 e. The Bertz CT molecular complexity index is 581. The molecule has 2 rings (SSSR count). The van der Waals surface area contributed by atoms with E-state index in [2.05, 4.69) is 0 Å². The molecule has 0 bridgehead atoms. The van der Waals surface area contributed by atoms with Gasteiger partial charge in [-0.25, -0.2) is 4.79 Å². The van der Waals surface area contributed by atoms with Crippen molar-refractivity contribution in [3.05, 3.63) is 64.7 Å². The molecule has 0 aliphatic heterocycles. The van der Waals surface area contributed by atoms with Crippen LogP contribution >= 0.6 is 11.6 Å². The van der Waals surface area contributed by atoms with Crippen molar-refractivity contribution in [2.24, 2.45) is 0 Å². The molecule has 0 amide bonds. The van der Waals surface area contributed by atoms with Crippen molar-refractivity contribution < 1.29 is 14.6 Å². The van der Waals surface area contributed by atoms with Crippen LogP contribution < -0.4 is 4.74 Å². The number of hydrogen-bond donors (Lipinski definition) is 1. The molecular weight excluding hydrogens is 264 g/mol. The molecule has 2 aromatic carbocycles. The maximum Gasteiger partial charge on any atom is 0.349 e. The third kappa shape index (κ3) is 3.26. The number of rotatable bonds is 4. The van der Waals surface area contributed by atoms with Gasteiger partial charge in [0.05, 0.1) is 0 Å². The summed E-state index contributed by atoms with van der Waals surface area (Å²) in [6.45, 7) is 1.82. The molecule has 19 heavy (non-hydrogen) atoms.